The van der Waals surface area contributed by atoms with Crippen LogP contribution in [0.5, 0.6) is 0 Å². The molecule has 2 aliphatic heterocycles. The zero-order valence-electron chi connectivity index (χ0n) is 22.6. The van der Waals surface area contributed by atoms with E-state index in [2.05, 4.69) is 32.7 Å². The molecule has 0 spiro atoms. The maximum Gasteiger partial charge on any atom is 0.243 e. The SMILES string of the molecule is CC1CCCCN1C(=O)CC(NC(=O)CC1CCOCC1)C(=O)N[C@@H](C)c1ncc(Cc2ccccc2)[nH]1. The third-order valence-electron chi connectivity index (χ3n) is 7.62. The van der Waals surface area contributed by atoms with E-state index in [9.17, 15) is 14.4 Å². The molecule has 3 amide bonds. The highest BCUT2D eigenvalue weighted by Crippen LogP contribution is 2.20. The van der Waals surface area contributed by atoms with Gasteiger partial charge in [0, 0.05) is 50.5 Å². The number of nitrogens with one attached hydrogen (secondary N) is 3. The average Bonchev–Trinajstić information content (AvgIpc) is 3.38. The van der Waals surface area contributed by atoms with Crippen LogP contribution in [0.4, 0.5) is 0 Å². The van der Waals surface area contributed by atoms with Crippen LogP contribution in [0, 0.1) is 5.92 Å². The van der Waals surface area contributed by atoms with Crippen LogP contribution in [0.15, 0.2) is 36.5 Å². The maximum absolute atomic E-state index is 13.4. The van der Waals surface area contributed by atoms with Crippen LogP contribution in [0.1, 0.15) is 81.9 Å². The summed E-state index contributed by atoms with van der Waals surface area (Å²) in [6.07, 6.45) is 7.44. The molecule has 2 saturated heterocycles. The van der Waals surface area contributed by atoms with Gasteiger partial charge in [-0.3, -0.25) is 14.4 Å². The zero-order chi connectivity index (χ0) is 26.9. The van der Waals surface area contributed by atoms with Gasteiger partial charge in [-0.1, -0.05) is 30.3 Å². The summed E-state index contributed by atoms with van der Waals surface area (Å²) in [5.41, 5.74) is 2.11. The number of rotatable bonds is 10. The number of imidazole rings is 1. The molecule has 0 saturated carbocycles. The molecular weight excluding hydrogens is 482 g/mol. The van der Waals surface area contributed by atoms with Crippen molar-refractivity contribution in [3.8, 4) is 0 Å². The van der Waals surface area contributed by atoms with Gasteiger partial charge in [0.2, 0.25) is 17.7 Å². The molecule has 4 rings (SSSR count). The number of H-pyrrole nitrogens is 1. The number of aromatic nitrogens is 2. The Kier molecular flexibility index (Phi) is 9.92. The van der Waals surface area contributed by atoms with Crippen molar-refractivity contribution in [3.05, 3.63) is 53.6 Å². The highest BCUT2D eigenvalue weighted by Gasteiger charge is 2.31. The third kappa shape index (κ3) is 7.90. The molecule has 2 unspecified atom stereocenters. The molecule has 2 fully saturated rings. The van der Waals surface area contributed by atoms with Crippen molar-refractivity contribution in [1.82, 2.24) is 25.5 Å². The van der Waals surface area contributed by atoms with Gasteiger partial charge in [-0.25, -0.2) is 4.98 Å². The largest absolute Gasteiger partial charge is 0.381 e. The lowest BCUT2D eigenvalue weighted by molar-refractivity contribution is -0.138. The van der Waals surface area contributed by atoms with Gasteiger partial charge in [-0.05, 0) is 57.4 Å². The van der Waals surface area contributed by atoms with Crippen molar-refractivity contribution >= 4 is 17.7 Å². The highest BCUT2D eigenvalue weighted by atomic mass is 16.5. The van der Waals surface area contributed by atoms with E-state index in [0.717, 1.165) is 43.4 Å². The topological polar surface area (TPSA) is 116 Å². The molecule has 3 heterocycles. The Morgan fingerprint density at radius 2 is 1.87 bits per heavy atom. The van der Waals surface area contributed by atoms with Gasteiger partial charge in [0.25, 0.3) is 0 Å². The molecule has 1 aromatic heterocycles. The van der Waals surface area contributed by atoms with Crippen LogP contribution in [0.3, 0.4) is 0 Å². The van der Waals surface area contributed by atoms with E-state index in [-0.39, 0.29) is 36.1 Å². The number of benzene rings is 1. The van der Waals surface area contributed by atoms with Crippen LogP contribution in [0.25, 0.3) is 0 Å². The van der Waals surface area contributed by atoms with Gasteiger partial charge >= 0.3 is 0 Å². The lowest BCUT2D eigenvalue weighted by Crippen LogP contribution is -2.51. The van der Waals surface area contributed by atoms with E-state index >= 15 is 0 Å². The van der Waals surface area contributed by atoms with Crippen LogP contribution in [0.2, 0.25) is 0 Å². The van der Waals surface area contributed by atoms with Crippen molar-refractivity contribution < 1.29 is 19.1 Å². The summed E-state index contributed by atoms with van der Waals surface area (Å²) in [5, 5.41) is 5.84. The summed E-state index contributed by atoms with van der Waals surface area (Å²) in [7, 11) is 0. The van der Waals surface area contributed by atoms with Crippen LogP contribution in [-0.4, -0.2) is 64.4 Å². The summed E-state index contributed by atoms with van der Waals surface area (Å²) in [4.78, 5) is 49.1. The minimum Gasteiger partial charge on any atom is -0.381 e. The molecule has 3 atom stereocenters. The second-order valence-corrected chi connectivity index (χ2v) is 10.7. The highest BCUT2D eigenvalue weighted by molar-refractivity contribution is 5.92. The minimum absolute atomic E-state index is 0.0557. The molecule has 2 aliphatic rings. The summed E-state index contributed by atoms with van der Waals surface area (Å²) in [6.45, 7) is 5.89. The molecule has 0 bridgehead atoms. The number of carbonyl (C=O) groups excluding carboxylic acids is 3. The fourth-order valence-electron chi connectivity index (χ4n) is 5.32. The van der Waals surface area contributed by atoms with Crippen LogP contribution < -0.4 is 10.6 Å². The summed E-state index contributed by atoms with van der Waals surface area (Å²) >= 11 is 0. The quantitative estimate of drug-likeness (QED) is 0.442. The van der Waals surface area contributed by atoms with E-state index in [0.29, 0.717) is 38.4 Å². The number of nitrogens with zero attached hydrogens (tertiary/aromatic N) is 2. The molecule has 0 aliphatic carbocycles. The number of hydrogen-bond donors (Lipinski definition) is 3. The van der Waals surface area contributed by atoms with E-state index in [1.54, 1.807) is 6.20 Å². The van der Waals surface area contributed by atoms with Crippen molar-refractivity contribution in [1.29, 1.82) is 0 Å². The molecule has 0 radical (unpaired) electrons. The fourth-order valence-corrected chi connectivity index (χ4v) is 5.32. The number of hydrogen-bond acceptors (Lipinski definition) is 5. The van der Waals surface area contributed by atoms with Gasteiger partial charge in [-0.15, -0.1) is 0 Å². The predicted molar refractivity (Wildman–Crippen MR) is 144 cm³/mol. The monoisotopic (exact) mass is 523 g/mol. The first-order chi connectivity index (χ1) is 18.4. The number of ether oxygens (including phenoxy) is 1. The van der Waals surface area contributed by atoms with Gasteiger partial charge in [0.05, 0.1) is 12.5 Å². The third-order valence-corrected chi connectivity index (χ3v) is 7.62. The first-order valence-corrected chi connectivity index (χ1v) is 13.9. The Morgan fingerprint density at radius 1 is 1.11 bits per heavy atom. The summed E-state index contributed by atoms with van der Waals surface area (Å²) in [5.74, 6) is 0.187. The van der Waals surface area contributed by atoms with Gasteiger partial charge < -0.3 is 25.3 Å². The number of aromatic amines is 1. The van der Waals surface area contributed by atoms with Gasteiger partial charge in [-0.2, -0.15) is 0 Å². The average molecular weight is 524 g/mol. The maximum atomic E-state index is 13.4. The Labute approximate surface area is 225 Å². The Balaban J connectivity index is 1.39. The van der Waals surface area contributed by atoms with Gasteiger partial charge in [0.1, 0.15) is 11.9 Å². The molecule has 1 aromatic carbocycles. The fraction of sp³-hybridized carbons (Fsp3) is 0.586. The Bertz CT molecular complexity index is 1070. The minimum atomic E-state index is -0.940. The van der Waals surface area contributed by atoms with Gasteiger partial charge in [0.15, 0.2) is 0 Å². The van der Waals surface area contributed by atoms with Crippen molar-refractivity contribution in [2.45, 2.75) is 83.3 Å². The normalized spacial score (nSPS) is 19.9. The standard InChI is InChI=1S/C29H41N5O4/c1-20-8-6-7-13-34(20)27(36)18-25(33-26(35)17-23-11-14-38-15-12-23)29(37)31-21(2)28-30-19-24(32-28)16-22-9-4-3-5-10-22/h3-5,9-10,19-21,23,25H,6-8,11-18H2,1-2H3,(H,30,32)(H,31,37)(H,33,35)/t20?,21-,25?/m0/s1. The van der Waals surface area contributed by atoms with Crippen LogP contribution in [-0.2, 0) is 25.5 Å². The Morgan fingerprint density at radius 3 is 2.61 bits per heavy atom. The van der Waals surface area contributed by atoms with Crippen molar-refractivity contribution in [3.63, 3.8) is 0 Å². The molecule has 206 valence electrons. The first kappa shape index (κ1) is 27.8. The number of carbonyl (C=O) groups is 3. The second-order valence-electron chi connectivity index (χ2n) is 10.7. The second kappa shape index (κ2) is 13.6. The first-order valence-electron chi connectivity index (χ1n) is 13.9. The van der Waals surface area contributed by atoms with Crippen LogP contribution >= 0.6 is 0 Å². The summed E-state index contributed by atoms with van der Waals surface area (Å²) < 4.78 is 5.40. The molecule has 9 heteroatoms. The van der Waals surface area contributed by atoms with E-state index in [4.69, 9.17) is 4.74 Å². The number of likely N-dealkylation sites (tertiary alicyclic amines) is 1. The smallest absolute Gasteiger partial charge is 0.243 e. The van der Waals surface area contributed by atoms with Crippen molar-refractivity contribution in [2.24, 2.45) is 5.92 Å². The predicted octanol–water partition coefficient (Wildman–Crippen LogP) is 3.27. The molecule has 9 nitrogen and oxygen atoms in total. The molecular formula is C29H41N5O4. The number of amides is 3. The molecule has 3 N–H and O–H groups in total. The summed E-state index contributed by atoms with van der Waals surface area (Å²) in [6, 6.07) is 8.88. The van der Waals surface area contributed by atoms with Crippen molar-refractivity contribution in [2.75, 3.05) is 19.8 Å². The van der Waals surface area contributed by atoms with E-state index < -0.39 is 12.1 Å². The molecule has 2 aromatic rings. The van der Waals surface area contributed by atoms with E-state index in [1.165, 1.54) is 0 Å². The molecule has 38 heavy (non-hydrogen) atoms. The lowest BCUT2D eigenvalue weighted by Gasteiger charge is -2.34. The van der Waals surface area contributed by atoms with E-state index in [1.807, 2.05) is 36.9 Å². The number of piperidine rings is 1. The lowest BCUT2D eigenvalue weighted by atomic mass is 9.96. The zero-order valence-corrected chi connectivity index (χ0v) is 22.6. The Hall–Kier alpha value is -3.20.